The van der Waals surface area contributed by atoms with Crippen LogP contribution in [0.15, 0.2) is 52.2 Å². The quantitative estimate of drug-likeness (QED) is 0.618. The number of nitrogens with zero attached hydrogens (tertiary/aromatic N) is 4. The molecule has 1 amide bonds. The molecule has 0 unspecified atom stereocenters. The zero-order valence-electron chi connectivity index (χ0n) is 17.7. The maximum absolute atomic E-state index is 13.2. The first-order valence-corrected chi connectivity index (χ1v) is 11.5. The number of fused-ring (bicyclic) bond motifs is 1. The van der Waals surface area contributed by atoms with Crippen molar-refractivity contribution in [2.75, 3.05) is 26.2 Å². The number of hydrogen-bond acceptors (Lipinski definition) is 5. The molecular formula is C22H24N4O4S. The molecule has 31 heavy (non-hydrogen) atoms. The average Bonchev–Trinajstić information content (AvgIpc) is 2.77. The zero-order valence-corrected chi connectivity index (χ0v) is 18.5. The standard InChI is InChI=1S/C22H24N4O4S/c1-15-8-9-17(14-16(15)2)31(29,30)26-12-10-25(11-13-26)22(28)20-18-6-4-5-7-19(18)21(27)24(3)23-20/h4-9,14H,10-13H2,1-3H3. The van der Waals surface area contributed by atoms with E-state index in [4.69, 9.17) is 0 Å². The number of piperazine rings is 1. The molecule has 0 bridgehead atoms. The molecule has 0 saturated carbocycles. The van der Waals surface area contributed by atoms with Crippen molar-refractivity contribution >= 4 is 26.7 Å². The van der Waals surface area contributed by atoms with E-state index in [1.165, 1.54) is 11.4 Å². The molecule has 162 valence electrons. The average molecular weight is 441 g/mol. The first kappa shape index (κ1) is 21.2. The van der Waals surface area contributed by atoms with Crippen LogP contribution in [-0.2, 0) is 17.1 Å². The summed E-state index contributed by atoms with van der Waals surface area (Å²) in [5.74, 6) is -0.310. The van der Waals surface area contributed by atoms with E-state index in [9.17, 15) is 18.0 Å². The molecule has 1 fully saturated rings. The number of rotatable bonds is 3. The third-order valence-electron chi connectivity index (χ3n) is 5.80. The van der Waals surface area contributed by atoms with Crippen LogP contribution in [-0.4, -0.2) is 59.5 Å². The van der Waals surface area contributed by atoms with Gasteiger partial charge in [-0.15, -0.1) is 0 Å². The zero-order chi connectivity index (χ0) is 22.3. The molecule has 4 rings (SSSR count). The SMILES string of the molecule is Cc1ccc(S(=O)(=O)N2CCN(C(=O)c3nn(C)c(=O)c4ccccc34)CC2)cc1C. The van der Waals surface area contributed by atoms with Crippen molar-refractivity contribution in [3.05, 3.63) is 69.6 Å². The van der Waals surface area contributed by atoms with Gasteiger partial charge in [0.15, 0.2) is 5.69 Å². The first-order valence-electron chi connectivity index (χ1n) is 10.0. The predicted molar refractivity (Wildman–Crippen MR) is 118 cm³/mol. The molecule has 0 atom stereocenters. The van der Waals surface area contributed by atoms with Crippen LogP contribution >= 0.6 is 0 Å². The highest BCUT2D eigenvalue weighted by atomic mass is 32.2. The van der Waals surface area contributed by atoms with E-state index in [2.05, 4.69) is 5.10 Å². The van der Waals surface area contributed by atoms with E-state index in [0.717, 1.165) is 15.8 Å². The molecule has 3 aromatic rings. The Kier molecular flexibility index (Phi) is 5.40. The third kappa shape index (κ3) is 3.75. The fraction of sp³-hybridized carbons (Fsp3) is 0.318. The van der Waals surface area contributed by atoms with E-state index < -0.39 is 10.0 Å². The molecule has 1 aliphatic heterocycles. The molecule has 1 aliphatic rings. The van der Waals surface area contributed by atoms with Crippen LogP contribution in [0, 0.1) is 13.8 Å². The lowest BCUT2D eigenvalue weighted by Crippen LogP contribution is -2.50. The summed E-state index contributed by atoms with van der Waals surface area (Å²) in [5, 5.41) is 5.12. The molecule has 0 spiro atoms. The van der Waals surface area contributed by atoms with E-state index in [1.807, 2.05) is 13.8 Å². The lowest BCUT2D eigenvalue weighted by Gasteiger charge is -2.34. The highest BCUT2D eigenvalue weighted by molar-refractivity contribution is 7.89. The largest absolute Gasteiger partial charge is 0.335 e. The van der Waals surface area contributed by atoms with Gasteiger partial charge in [0.2, 0.25) is 10.0 Å². The predicted octanol–water partition coefficient (Wildman–Crippen LogP) is 1.70. The van der Waals surface area contributed by atoms with E-state index in [1.54, 1.807) is 47.4 Å². The van der Waals surface area contributed by atoms with Crippen LogP contribution < -0.4 is 5.56 Å². The van der Waals surface area contributed by atoms with Gasteiger partial charge in [-0.25, -0.2) is 13.1 Å². The fourth-order valence-corrected chi connectivity index (χ4v) is 5.27. The molecule has 8 nitrogen and oxygen atoms in total. The first-order chi connectivity index (χ1) is 14.7. The Labute approximate surface area is 180 Å². The van der Waals surface area contributed by atoms with Gasteiger partial charge in [-0.3, -0.25) is 9.59 Å². The molecule has 1 aromatic heterocycles. The Balaban J connectivity index is 1.56. The number of aromatic nitrogens is 2. The lowest BCUT2D eigenvalue weighted by molar-refractivity contribution is 0.0691. The monoisotopic (exact) mass is 440 g/mol. The van der Waals surface area contributed by atoms with Crippen LogP contribution in [0.4, 0.5) is 0 Å². The highest BCUT2D eigenvalue weighted by Gasteiger charge is 2.31. The summed E-state index contributed by atoms with van der Waals surface area (Å²) >= 11 is 0. The van der Waals surface area contributed by atoms with Gasteiger partial charge in [0.05, 0.1) is 10.3 Å². The van der Waals surface area contributed by atoms with Crippen molar-refractivity contribution in [3.8, 4) is 0 Å². The van der Waals surface area contributed by atoms with Gasteiger partial charge in [0.1, 0.15) is 0 Å². The van der Waals surface area contributed by atoms with Crippen LogP contribution in [0.3, 0.4) is 0 Å². The Morgan fingerprint density at radius 3 is 2.23 bits per heavy atom. The molecule has 2 aromatic carbocycles. The highest BCUT2D eigenvalue weighted by Crippen LogP contribution is 2.22. The summed E-state index contributed by atoms with van der Waals surface area (Å²) < 4.78 is 28.6. The Morgan fingerprint density at radius 1 is 0.935 bits per heavy atom. The van der Waals surface area contributed by atoms with Gasteiger partial charge in [-0.1, -0.05) is 24.3 Å². The molecule has 0 radical (unpaired) electrons. The smallest absolute Gasteiger partial charge is 0.275 e. The van der Waals surface area contributed by atoms with Gasteiger partial charge in [0.25, 0.3) is 11.5 Å². The van der Waals surface area contributed by atoms with Crippen molar-refractivity contribution in [2.24, 2.45) is 7.05 Å². The van der Waals surface area contributed by atoms with E-state index in [0.29, 0.717) is 10.8 Å². The van der Waals surface area contributed by atoms with Crippen LogP contribution in [0.1, 0.15) is 21.6 Å². The number of aryl methyl sites for hydroxylation is 3. The van der Waals surface area contributed by atoms with E-state index in [-0.39, 0.29) is 48.2 Å². The second-order valence-electron chi connectivity index (χ2n) is 7.77. The number of carbonyl (C=O) groups is 1. The van der Waals surface area contributed by atoms with Gasteiger partial charge >= 0.3 is 0 Å². The van der Waals surface area contributed by atoms with Gasteiger partial charge in [-0.2, -0.15) is 9.40 Å². The van der Waals surface area contributed by atoms with E-state index >= 15 is 0 Å². The molecule has 9 heteroatoms. The number of benzene rings is 2. The summed E-state index contributed by atoms with van der Waals surface area (Å²) in [7, 11) is -2.11. The topological polar surface area (TPSA) is 92.6 Å². The summed E-state index contributed by atoms with van der Waals surface area (Å²) in [4.78, 5) is 27.3. The Morgan fingerprint density at radius 2 is 1.58 bits per heavy atom. The molecule has 0 N–H and O–H groups in total. The van der Waals surface area contributed by atoms with Crippen molar-refractivity contribution in [2.45, 2.75) is 18.7 Å². The second kappa shape index (κ2) is 7.90. The molecule has 1 saturated heterocycles. The number of hydrogen-bond donors (Lipinski definition) is 0. The minimum atomic E-state index is -3.63. The van der Waals surface area contributed by atoms with Gasteiger partial charge in [0, 0.05) is 38.6 Å². The van der Waals surface area contributed by atoms with Crippen LogP contribution in [0.5, 0.6) is 0 Å². The molecular weight excluding hydrogens is 416 g/mol. The van der Waals surface area contributed by atoms with Crippen molar-refractivity contribution in [1.82, 2.24) is 19.0 Å². The number of carbonyl (C=O) groups excluding carboxylic acids is 1. The third-order valence-corrected chi connectivity index (χ3v) is 7.70. The summed E-state index contributed by atoms with van der Waals surface area (Å²) in [6.45, 7) is 4.72. The fourth-order valence-electron chi connectivity index (χ4n) is 3.76. The maximum Gasteiger partial charge on any atom is 0.275 e. The number of amides is 1. The van der Waals surface area contributed by atoms with Crippen molar-refractivity contribution < 1.29 is 13.2 Å². The maximum atomic E-state index is 13.2. The summed E-state index contributed by atoms with van der Waals surface area (Å²) in [6.07, 6.45) is 0. The van der Waals surface area contributed by atoms with Crippen molar-refractivity contribution in [1.29, 1.82) is 0 Å². The van der Waals surface area contributed by atoms with Gasteiger partial charge < -0.3 is 4.90 Å². The van der Waals surface area contributed by atoms with Crippen molar-refractivity contribution in [3.63, 3.8) is 0 Å². The lowest BCUT2D eigenvalue weighted by atomic mass is 10.1. The Bertz CT molecular complexity index is 1340. The van der Waals surface area contributed by atoms with Gasteiger partial charge in [-0.05, 0) is 43.2 Å². The minimum Gasteiger partial charge on any atom is -0.335 e. The van der Waals surface area contributed by atoms with Crippen LogP contribution in [0.2, 0.25) is 0 Å². The Hall–Kier alpha value is -3.04. The number of sulfonamides is 1. The molecule has 0 aliphatic carbocycles. The normalized spacial score (nSPS) is 15.4. The second-order valence-corrected chi connectivity index (χ2v) is 9.70. The molecule has 2 heterocycles. The summed E-state index contributed by atoms with van der Waals surface area (Å²) in [5.41, 5.74) is 1.88. The minimum absolute atomic E-state index is 0.197. The van der Waals surface area contributed by atoms with Crippen LogP contribution in [0.25, 0.3) is 10.8 Å². The summed E-state index contributed by atoms with van der Waals surface area (Å²) in [6, 6.07) is 12.0.